The van der Waals surface area contributed by atoms with E-state index in [0.717, 1.165) is 24.2 Å². The van der Waals surface area contributed by atoms with E-state index in [1.807, 2.05) is 24.3 Å². The number of hydrogen-bond donors (Lipinski definition) is 0. The van der Waals surface area contributed by atoms with E-state index in [0.29, 0.717) is 24.7 Å². The first-order valence-corrected chi connectivity index (χ1v) is 10.0. The molecule has 8 heteroatoms. The lowest BCUT2D eigenvalue weighted by Gasteiger charge is -2.31. The molecule has 3 aromatic rings. The Morgan fingerprint density at radius 2 is 2.07 bits per heavy atom. The highest BCUT2D eigenvalue weighted by Crippen LogP contribution is 2.22. The van der Waals surface area contributed by atoms with Gasteiger partial charge >= 0.3 is 0 Å². The molecule has 1 aliphatic heterocycles. The average molecular weight is 399 g/mol. The van der Waals surface area contributed by atoms with Crippen molar-refractivity contribution >= 4 is 22.2 Å². The Labute approximate surface area is 166 Å². The normalized spacial score (nSPS) is 15.1. The highest BCUT2D eigenvalue weighted by molar-refractivity contribution is 7.15. The fraction of sp³-hybridized carbons (Fsp3) is 0.350. The Morgan fingerprint density at radius 3 is 2.86 bits per heavy atom. The van der Waals surface area contributed by atoms with Gasteiger partial charge in [-0.1, -0.05) is 18.2 Å². The first kappa shape index (κ1) is 18.6. The number of piperidine rings is 1. The van der Waals surface area contributed by atoms with Gasteiger partial charge in [0.15, 0.2) is 4.96 Å². The van der Waals surface area contributed by atoms with Crippen molar-refractivity contribution in [2.24, 2.45) is 0 Å². The number of aromatic nitrogens is 2. The number of hydrogen-bond acceptors (Lipinski definition) is 6. The van der Waals surface area contributed by atoms with Crippen LogP contribution in [0.25, 0.3) is 4.96 Å². The third kappa shape index (κ3) is 3.65. The molecule has 2 aromatic heterocycles. The quantitative estimate of drug-likeness (QED) is 0.659. The number of amides is 1. The maximum absolute atomic E-state index is 12.8. The summed E-state index contributed by atoms with van der Waals surface area (Å²) in [7, 11) is 1.65. The van der Waals surface area contributed by atoms with Crippen LogP contribution >= 0.6 is 11.3 Å². The van der Waals surface area contributed by atoms with Crippen molar-refractivity contribution in [2.45, 2.75) is 25.6 Å². The van der Waals surface area contributed by atoms with Gasteiger partial charge in [-0.05, 0) is 18.9 Å². The summed E-state index contributed by atoms with van der Waals surface area (Å²) in [6, 6.07) is 7.78. The fourth-order valence-corrected chi connectivity index (χ4v) is 4.07. The molecule has 28 heavy (non-hydrogen) atoms. The van der Waals surface area contributed by atoms with E-state index in [4.69, 9.17) is 9.47 Å². The number of carbonyl (C=O) groups is 1. The summed E-state index contributed by atoms with van der Waals surface area (Å²) in [6.07, 6.45) is 4.57. The van der Waals surface area contributed by atoms with E-state index < -0.39 is 0 Å². The smallest absolute Gasteiger partial charge is 0.271 e. The van der Waals surface area contributed by atoms with Crippen molar-refractivity contribution in [1.29, 1.82) is 0 Å². The van der Waals surface area contributed by atoms with Crippen LogP contribution in [-0.2, 0) is 11.3 Å². The number of para-hydroxylation sites is 1. The number of rotatable bonds is 5. The monoisotopic (exact) mass is 399 g/mol. The van der Waals surface area contributed by atoms with Gasteiger partial charge in [0.05, 0.1) is 19.8 Å². The highest BCUT2D eigenvalue weighted by atomic mass is 32.1. The van der Waals surface area contributed by atoms with Crippen LogP contribution in [0, 0.1) is 0 Å². The average Bonchev–Trinajstić information content (AvgIpc) is 3.22. The molecular formula is C20H21N3O4S. The lowest BCUT2D eigenvalue weighted by Crippen LogP contribution is -2.42. The topological polar surface area (TPSA) is 73.1 Å². The summed E-state index contributed by atoms with van der Waals surface area (Å²) >= 11 is 1.37. The van der Waals surface area contributed by atoms with E-state index in [9.17, 15) is 9.59 Å². The van der Waals surface area contributed by atoms with Crippen LogP contribution in [0.5, 0.6) is 5.75 Å². The lowest BCUT2D eigenvalue weighted by molar-refractivity contribution is -0.00101. The summed E-state index contributed by atoms with van der Waals surface area (Å²) in [4.78, 5) is 31.8. The number of nitrogens with zero attached hydrogens (tertiary/aromatic N) is 3. The maximum Gasteiger partial charge on any atom is 0.271 e. The highest BCUT2D eigenvalue weighted by Gasteiger charge is 2.26. The zero-order valence-corrected chi connectivity index (χ0v) is 16.4. The van der Waals surface area contributed by atoms with Crippen LogP contribution in [0.15, 0.2) is 46.8 Å². The zero-order chi connectivity index (χ0) is 19.5. The van der Waals surface area contributed by atoms with Gasteiger partial charge in [0, 0.05) is 36.4 Å². The van der Waals surface area contributed by atoms with Crippen molar-refractivity contribution in [3.8, 4) is 5.75 Å². The van der Waals surface area contributed by atoms with Crippen LogP contribution in [0.1, 0.15) is 28.8 Å². The van der Waals surface area contributed by atoms with Crippen molar-refractivity contribution in [2.75, 3.05) is 20.2 Å². The van der Waals surface area contributed by atoms with Crippen LogP contribution in [0.2, 0.25) is 0 Å². The predicted molar refractivity (Wildman–Crippen MR) is 106 cm³/mol. The van der Waals surface area contributed by atoms with Crippen molar-refractivity contribution in [3.05, 3.63) is 63.5 Å². The molecule has 1 aliphatic rings. The Bertz CT molecular complexity index is 1040. The second-order valence-corrected chi connectivity index (χ2v) is 7.52. The van der Waals surface area contributed by atoms with Gasteiger partial charge in [-0.2, -0.15) is 0 Å². The number of thiazole rings is 1. The number of benzene rings is 1. The Kier molecular flexibility index (Phi) is 5.40. The van der Waals surface area contributed by atoms with Gasteiger partial charge in [-0.15, -0.1) is 11.3 Å². The van der Waals surface area contributed by atoms with E-state index in [1.165, 1.54) is 21.9 Å². The Morgan fingerprint density at radius 1 is 1.29 bits per heavy atom. The minimum atomic E-state index is -0.314. The summed E-state index contributed by atoms with van der Waals surface area (Å²) in [5, 5.41) is 1.78. The molecule has 0 radical (unpaired) electrons. The number of carbonyl (C=O) groups excluding carboxylic acids is 1. The molecule has 1 aromatic carbocycles. The molecule has 1 amide bonds. The minimum Gasteiger partial charge on any atom is -0.496 e. The number of fused-ring (bicyclic) bond motifs is 1. The molecule has 7 nitrogen and oxygen atoms in total. The molecule has 3 heterocycles. The van der Waals surface area contributed by atoms with E-state index >= 15 is 0 Å². The van der Waals surface area contributed by atoms with Gasteiger partial charge in [0.2, 0.25) is 0 Å². The Balaban J connectivity index is 1.36. The molecule has 4 rings (SSSR count). The molecule has 0 N–H and O–H groups in total. The van der Waals surface area contributed by atoms with Crippen LogP contribution in [-0.4, -0.2) is 46.5 Å². The fourth-order valence-electron chi connectivity index (χ4n) is 3.40. The molecule has 0 spiro atoms. The van der Waals surface area contributed by atoms with Crippen LogP contribution < -0.4 is 10.3 Å². The molecule has 1 saturated heterocycles. The largest absolute Gasteiger partial charge is 0.496 e. The lowest BCUT2D eigenvalue weighted by atomic mass is 10.1. The van der Waals surface area contributed by atoms with E-state index in [2.05, 4.69) is 4.98 Å². The zero-order valence-electron chi connectivity index (χ0n) is 15.5. The molecule has 0 atom stereocenters. The second kappa shape index (κ2) is 8.12. The Hall–Kier alpha value is -2.71. The molecule has 0 aliphatic carbocycles. The number of ether oxygens (including phenoxy) is 2. The second-order valence-electron chi connectivity index (χ2n) is 6.65. The van der Waals surface area contributed by atoms with Crippen LogP contribution in [0.3, 0.4) is 0 Å². The van der Waals surface area contributed by atoms with Gasteiger partial charge < -0.3 is 14.4 Å². The molecule has 1 fully saturated rings. The van der Waals surface area contributed by atoms with Crippen molar-refractivity contribution in [1.82, 2.24) is 14.3 Å². The number of likely N-dealkylation sites (tertiary alicyclic amines) is 1. The van der Waals surface area contributed by atoms with Crippen molar-refractivity contribution < 1.29 is 14.3 Å². The first-order valence-electron chi connectivity index (χ1n) is 9.15. The van der Waals surface area contributed by atoms with Gasteiger partial charge in [0.1, 0.15) is 11.3 Å². The van der Waals surface area contributed by atoms with Gasteiger partial charge in [-0.3, -0.25) is 14.0 Å². The standard InChI is InChI=1S/C20H21N3O4S/c1-26-17-5-3-2-4-14(17)13-27-15-6-8-22(9-7-15)18(24)16-12-21-20-23(19(16)25)10-11-28-20/h2-5,10-12,15H,6-9,13H2,1H3. The summed E-state index contributed by atoms with van der Waals surface area (Å²) in [6.45, 7) is 1.59. The van der Waals surface area contributed by atoms with Gasteiger partial charge in [-0.25, -0.2) is 4.98 Å². The predicted octanol–water partition coefficient (Wildman–Crippen LogP) is 2.59. The van der Waals surface area contributed by atoms with E-state index in [1.54, 1.807) is 23.6 Å². The molecule has 146 valence electrons. The summed E-state index contributed by atoms with van der Waals surface area (Å²) < 4.78 is 12.8. The molecule has 0 bridgehead atoms. The third-order valence-corrected chi connectivity index (χ3v) is 5.74. The van der Waals surface area contributed by atoms with Gasteiger partial charge in [0.25, 0.3) is 11.5 Å². The SMILES string of the molecule is COc1ccccc1COC1CCN(C(=O)c2cnc3sccn3c2=O)CC1. The summed E-state index contributed by atoms with van der Waals surface area (Å²) in [5.74, 6) is 0.549. The number of methoxy groups -OCH3 is 1. The van der Waals surface area contributed by atoms with Crippen molar-refractivity contribution in [3.63, 3.8) is 0 Å². The summed E-state index contributed by atoms with van der Waals surface area (Å²) in [5.41, 5.74) is 0.807. The van der Waals surface area contributed by atoms with Crippen LogP contribution in [0.4, 0.5) is 0 Å². The minimum absolute atomic E-state index is 0.0764. The molecular weight excluding hydrogens is 378 g/mol. The third-order valence-electron chi connectivity index (χ3n) is 4.97. The first-order chi connectivity index (χ1) is 13.7. The van der Waals surface area contributed by atoms with E-state index in [-0.39, 0.29) is 23.1 Å². The molecule has 0 saturated carbocycles. The molecule has 0 unspecified atom stereocenters. The maximum atomic E-state index is 12.8.